The van der Waals surface area contributed by atoms with Crippen LogP contribution in [0.1, 0.15) is 46.0 Å². The predicted octanol–water partition coefficient (Wildman–Crippen LogP) is 1.27. The average Bonchev–Trinajstić information content (AvgIpc) is 2.32. The largest absolute Gasteiger partial charge is 0.293 e. The number of nitrogens with one attached hydrogen (secondary N) is 1. The SMILES string of the molecule is CCCC1CCN(C(CC)C(=O)NN)CC1. The fraction of sp³-hybridized carbons (Fsp3) is 0.917. The quantitative estimate of drug-likeness (QED) is 0.422. The molecule has 1 unspecified atom stereocenters. The highest BCUT2D eigenvalue weighted by Gasteiger charge is 2.27. The minimum absolute atomic E-state index is 0.0347. The van der Waals surface area contributed by atoms with Gasteiger partial charge in [0.05, 0.1) is 6.04 Å². The van der Waals surface area contributed by atoms with Gasteiger partial charge in [0.2, 0.25) is 0 Å². The van der Waals surface area contributed by atoms with Crippen LogP contribution < -0.4 is 11.3 Å². The van der Waals surface area contributed by atoms with Crippen molar-refractivity contribution in [3.63, 3.8) is 0 Å². The third kappa shape index (κ3) is 3.46. The van der Waals surface area contributed by atoms with E-state index in [1.165, 1.54) is 25.7 Å². The van der Waals surface area contributed by atoms with Gasteiger partial charge < -0.3 is 0 Å². The van der Waals surface area contributed by atoms with Gasteiger partial charge in [0.15, 0.2) is 0 Å². The van der Waals surface area contributed by atoms with Crippen LogP contribution in [0.3, 0.4) is 0 Å². The third-order valence-electron chi connectivity index (χ3n) is 3.62. The summed E-state index contributed by atoms with van der Waals surface area (Å²) in [6, 6.07) is -0.0347. The van der Waals surface area contributed by atoms with Crippen molar-refractivity contribution in [2.45, 2.75) is 52.0 Å². The van der Waals surface area contributed by atoms with Crippen LogP contribution in [0.25, 0.3) is 0 Å². The molecule has 3 N–H and O–H groups in total. The zero-order chi connectivity index (χ0) is 12.0. The topological polar surface area (TPSA) is 58.4 Å². The number of rotatable bonds is 5. The summed E-state index contributed by atoms with van der Waals surface area (Å²) in [5, 5.41) is 0. The Kier molecular flexibility index (Phi) is 5.77. The van der Waals surface area contributed by atoms with E-state index < -0.39 is 0 Å². The van der Waals surface area contributed by atoms with Gasteiger partial charge in [-0.15, -0.1) is 0 Å². The maximum Gasteiger partial charge on any atom is 0.251 e. The molecule has 1 heterocycles. The molecule has 0 spiro atoms. The van der Waals surface area contributed by atoms with Gasteiger partial charge in [-0.1, -0.05) is 26.7 Å². The van der Waals surface area contributed by atoms with Crippen LogP contribution >= 0.6 is 0 Å². The molecule has 1 aliphatic rings. The Hall–Kier alpha value is -0.610. The lowest BCUT2D eigenvalue weighted by molar-refractivity contribution is -0.127. The minimum Gasteiger partial charge on any atom is -0.293 e. The Morgan fingerprint density at radius 3 is 2.50 bits per heavy atom. The second kappa shape index (κ2) is 6.86. The number of nitrogens with zero attached hydrogens (tertiary/aromatic N) is 1. The van der Waals surface area contributed by atoms with E-state index in [0.717, 1.165) is 25.4 Å². The summed E-state index contributed by atoms with van der Waals surface area (Å²) < 4.78 is 0. The molecule has 4 nitrogen and oxygen atoms in total. The summed E-state index contributed by atoms with van der Waals surface area (Å²) in [4.78, 5) is 13.8. The fourth-order valence-electron chi connectivity index (χ4n) is 2.67. The normalized spacial score (nSPS) is 20.7. The lowest BCUT2D eigenvalue weighted by Crippen LogP contribution is -2.51. The molecule has 0 aromatic carbocycles. The van der Waals surface area contributed by atoms with Crippen LogP contribution in [0.5, 0.6) is 0 Å². The predicted molar refractivity (Wildman–Crippen MR) is 65.6 cm³/mol. The van der Waals surface area contributed by atoms with Crippen LogP contribution in [0.15, 0.2) is 0 Å². The Morgan fingerprint density at radius 2 is 2.06 bits per heavy atom. The smallest absolute Gasteiger partial charge is 0.251 e. The maximum atomic E-state index is 11.6. The molecule has 1 rings (SSSR count). The van der Waals surface area contributed by atoms with Crippen molar-refractivity contribution >= 4 is 5.91 Å². The van der Waals surface area contributed by atoms with E-state index in [9.17, 15) is 4.79 Å². The molecule has 0 saturated carbocycles. The van der Waals surface area contributed by atoms with Gasteiger partial charge in [-0.25, -0.2) is 5.84 Å². The minimum atomic E-state index is -0.0450. The Morgan fingerprint density at radius 1 is 1.44 bits per heavy atom. The maximum absolute atomic E-state index is 11.6. The molecule has 0 bridgehead atoms. The molecule has 0 radical (unpaired) electrons. The average molecular weight is 227 g/mol. The molecule has 1 saturated heterocycles. The molecule has 4 heteroatoms. The van der Waals surface area contributed by atoms with E-state index in [1.807, 2.05) is 6.92 Å². The molecular weight excluding hydrogens is 202 g/mol. The van der Waals surface area contributed by atoms with Crippen LogP contribution in [0.2, 0.25) is 0 Å². The van der Waals surface area contributed by atoms with Gasteiger partial charge in [0.1, 0.15) is 0 Å². The summed E-state index contributed by atoms with van der Waals surface area (Å²) in [6.07, 6.45) is 5.88. The van der Waals surface area contributed by atoms with Crippen molar-refractivity contribution in [2.75, 3.05) is 13.1 Å². The number of amides is 1. The standard InChI is InChI=1S/C12H25N3O/c1-3-5-10-6-8-15(9-7-10)11(4-2)12(16)14-13/h10-11H,3-9,13H2,1-2H3,(H,14,16). The molecule has 0 aliphatic carbocycles. The number of hydrogen-bond acceptors (Lipinski definition) is 3. The lowest BCUT2D eigenvalue weighted by Gasteiger charge is -2.36. The summed E-state index contributed by atoms with van der Waals surface area (Å²) in [5.41, 5.74) is 2.27. The van der Waals surface area contributed by atoms with Gasteiger partial charge >= 0.3 is 0 Å². The van der Waals surface area contributed by atoms with Crippen molar-refractivity contribution in [2.24, 2.45) is 11.8 Å². The van der Waals surface area contributed by atoms with Gasteiger partial charge in [0.25, 0.3) is 5.91 Å². The third-order valence-corrected chi connectivity index (χ3v) is 3.62. The van der Waals surface area contributed by atoms with Crippen molar-refractivity contribution in [1.29, 1.82) is 0 Å². The Bertz CT molecular complexity index is 212. The monoisotopic (exact) mass is 227 g/mol. The van der Waals surface area contributed by atoms with Crippen LogP contribution in [0, 0.1) is 5.92 Å². The van der Waals surface area contributed by atoms with Gasteiger partial charge in [-0.2, -0.15) is 0 Å². The first-order valence-corrected chi connectivity index (χ1v) is 6.47. The number of piperidine rings is 1. The number of nitrogens with two attached hydrogens (primary N) is 1. The molecular formula is C12H25N3O. The molecule has 1 fully saturated rings. The summed E-state index contributed by atoms with van der Waals surface area (Å²) in [5.74, 6) is 6.02. The van der Waals surface area contributed by atoms with Crippen molar-refractivity contribution < 1.29 is 4.79 Å². The highest BCUT2D eigenvalue weighted by atomic mass is 16.2. The van der Waals surface area contributed by atoms with Crippen LogP contribution in [-0.4, -0.2) is 29.9 Å². The second-order valence-electron chi connectivity index (χ2n) is 4.70. The first-order chi connectivity index (χ1) is 7.72. The molecule has 16 heavy (non-hydrogen) atoms. The van der Waals surface area contributed by atoms with E-state index in [-0.39, 0.29) is 11.9 Å². The van der Waals surface area contributed by atoms with E-state index >= 15 is 0 Å². The molecule has 1 atom stereocenters. The van der Waals surface area contributed by atoms with Crippen LogP contribution in [-0.2, 0) is 4.79 Å². The molecule has 0 aromatic heterocycles. The number of hydrazine groups is 1. The summed E-state index contributed by atoms with van der Waals surface area (Å²) in [7, 11) is 0. The Balaban J connectivity index is 2.41. The van der Waals surface area contributed by atoms with E-state index in [1.54, 1.807) is 0 Å². The summed E-state index contributed by atoms with van der Waals surface area (Å²) >= 11 is 0. The van der Waals surface area contributed by atoms with Crippen molar-refractivity contribution in [3.05, 3.63) is 0 Å². The first-order valence-electron chi connectivity index (χ1n) is 6.47. The van der Waals surface area contributed by atoms with E-state index in [4.69, 9.17) is 5.84 Å². The number of carbonyl (C=O) groups is 1. The molecule has 1 amide bonds. The molecule has 94 valence electrons. The number of carbonyl (C=O) groups excluding carboxylic acids is 1. The highest BCUT2D eigenvalue weighted by molar-refractivity contribution is 5.81. The zero-order valence-electron chi connectivity index (χ0n) is 10.5. The highest BCUT2D eigenvalue weighted by Crippen LogP contribution is 2.23. The number of hydrogen-bond donors (Lipinski definition) is 2. The van der Waals surface area contributed by atoms with Gasteiger partial charge in [-0.05, 0) is 38.3 Å². The van der Waals surface area contributed by atoms with E-state index in [2.05, 4.69) is 17.2 Å². The summed E-state index contributed by atoms with van der Waals surface area (Å²) in [6.45, 7) is 6.36. The zero-order valence-corrected chi connectivity index (χ0v) is 10.5. The number of likely N-dealkylation sites (tertiary alicyclic amines) is 1. The molecule has 1 aliphatic heterocycles. The van der Waals surface area contributed by atoms with Crippen molar-refractivity contribution in [3.8, 4) is 0 Å². The fourth-order valence-corrected chi connectivity index (χ4v) is 2.67. The van der Waals surface area contributed by atoms with Crippen LogP contribution in [0.4, 0.5) is 0 Å². The van der Waals surface area contributed by atoms with Gasteiger partial charge in [-0.3, -0.25) is 15.1 Å². The lowest BCUT2D eigenvalue weighted by atomic mass is 9.91. The van der Waals surface area contributed by atoms with E-state index in [0.29, 0.717) is 0 Å². The molecule has 0 aromatic rings. The van der Waals surface area contributed by atoms with Gasteiger partial charge in [0, 0.05) is 0 Å². The first kappa shape index (κ1) is 13.5. The second-order valence-corrected chi connectivity index (χ2v) is 4.70. The Labute approximate surface area is 98.5 Å². The van der Waals surface area contributed by atoms with Crippen molar-refractivity contribution in [1.82, 2.24) is 10.3 Å².